The Morgan fingerprint density at radius 1 is 1.00 bits per heavy atom. The van der Waals surface area contributed by atoms with E-state index in [4.69, 9.17) is 9.47 Å². The second-order valence-electron chi connectivity index (χ2n) is 6.50. The first kappa shape index (κ1) is 19.8. The summed E-state index contributed by atoms with van der Waals surface area (Å²) in [5.41, 5.74) is 0. The summed E-state index contributed by atoms with van der Waals surface area (Å²) in [5.74, 6) is 2.34. The van der Waals surface area contributed by atoms with E-state index in [1.165, 1.54) is 12.8 Å². The van der Waals surface area contributed by atoms with E-state index in [0.29, 0.717) is 25.8 Å². The second-order valence-corrected chi connectivity index (χ2v) is 6.50. The molecule has 0 saturated heterocycles. The van der Waals surface area contributed by atoms with E-state index in [2.05, 4.69) is 26.1 Å². The topological polar surface area (TPSA) is 50.7 Å². The quantitative estimate of drug-likeness (QED) is 0.617. The average molecular weight is 323 g/mol. The lowest BCUT2D eigenvalue weighted by Gasteiger charge is -2.18. The number of nitrogens with one attached hydrogen (secondary N) is 1. The molecule has 4 heteroatoms. The lowest BCUT2D eigenvalue weighted by Crippen LogP contribution is -2.36. The van der Waals surface area contributed by atoms with Crippen molar-refractivity contribution in [1.29, 1.82) is 0 Å². The first-order valence-corrected chi connectivity index (χ1v) is 8.78. The normalized spacial score (nSPS) is 13.8. The van der Waals surface area contributed by atoms with Gasteiger partial charge >= 0.3 is 0 Å². The van der Waals surface area contributed by atoms with E-state index < -0.39 is 6.10 Å². The maximum Gasteiger partial charge on any atom is 0.119 e. The second kappa shape index (κ2) is 11.3. The molecule has 4 nitrogen and oxygen atoms in total. The van der Waals surface area contributed by atoms with Crippen LogP contribution in [0.3, 0.4) is 0 Å². The van der Waals surface area contributed by atoms with Gasteiger partial charge in [-0.05, 0) is 50.5 Å². The van der Waals surface area contributed by atoms with Gasteiger partial charge in [-0.25, -0.2) is 0 Å². The standard InChI is InChI=1S/C19H33NO3/c1-5-22-18-9-11-19(12-10-18)23-14-17(21)13-20-16(4)8-6-7-15(2)3/h9-12,15-17,20-21H,5-8,13-14H2,1-4H3/t16-,17-/m1/s1. The fourth-order valence-corrected chi connectivity index (χ4v) is 2.32. The molecule has 0 aliphatic carbocycles. The van der Waals surface area contributed by atoms with Gasteiger partial charge in [0.2, 0.25) is 0 Å². The maximum absolute atomic E-state index is 10.00. The largest absolute Gasteiger partial charge is 0.494 e. The van der Waals surface area contributed by atoms with Crippen LogP contribution < -0.4 is 14.8 Å². The van der Waals surface area contributed by atoms with Crippen molar-refractivity contribution in [2.75, 3.05) is 19.8 Å². The van der Waals surface area contributed by atoms with Crippen molar-refractivity contribution in [2.24, 2.45) is 5.92 Å². The summed E-state index contributed by atoms with van der Waals surface area (Å²) in [6.07, 6.45) is 3.12. The lowest BCUT2D eigenvalue weighted by atomic mass is 10.0. The van der Waals surface area contributed by atoms with Gasteiger partial charge in [-0.1, -0.05) is 26.7 Å². The molecule has 23 heavy (non-hydrogen) atoms. The van der Waals surface area contributed by atoms with Crippen molar-refractivity contribution < 1.29 is 14.6 Å². The molecular weight excluding hydrogens is 290 g/mol. The van der Waals surface area contributed by atoms with Gasteiger partial charge in [0.25, 0.3) is 0 Å². The first-order valence-electron chi connectivity index (χ1n) is 8.78. The third-order valence-corrected chi connectivity index (χ3v) is 3.70. The van der Waals surface area contributed by atoms with Crippen LogP contribution in [0.15, 0.2) is 24.3 Å². The minimum Gasteiger partial charge on any atom is -0.494 e. The molecule has 1 rings (SSSR count). The van der Waals surface area contributed by atoms with Crippen molar-refractivity contribution in [3.05, 3.63) is 24.3 Å². The predicted octanol–water partition coefficient (Wildman–Crippen LogP) is 3.63. The van der Waals surface area contributed by atoms with Crippen LogP contribution in [0, 0.1) is 5.92 Å². The van der Waals surface area contributed by atoms with Crippen molar-refractivity contribution in [1.82, 2.24) is 5.32 Å². The number of rotatable bonds is 12. The number of aliphatic hydroxyl groups is 1. The van der Waals surface area contributed by atoms with E-state index in [1.54, 1.807) is 0 Å². The van der Waals surface area contributed by atoms with Crippen LogP contribution in [0.5, 0.6) is 11.5 Å². The summed E-state index contributed by atoms with van der Waals surface area (Å²) in [4.78, 5) is 0. The number of hydrogen-bond donors (Lipinski definition) is 2. The molecular formula is C19H33NO3. The smallest absolute Gasteiger partial charge is 0.119 e. The van der Waals surface area contributed by atoms with E-state index in [0.717, 1.165) is 23.8 Å². The number of hydrogen-bond acceptors (Lipinski definition) is 4. The van der Waals surface area contributed by atoms with Crippen LogP contribution >= 0.6 is 0 Å². The fraction of sp³-hybridized carbons (Fsp3) is 0.684. The van der Waals surface area contributed by atoms with Gasteiger partial charge in [-0.2, -0.15) is 0 Å². The molecule has 0 radical (unpaired) electrons. The summed E-state index contributed by atoms with van der Waals surface area (Å²) in [7, 11) is 0. The maximum atomic E-state index is 10.00. The molecule has 0 aromatic heterocycles. The molecule has 0 aliphatic rings. The zero-order valence-corrected chi connectivity index (χ0v) is 15.0. The number of benzene rings is 1. The Kier molecular flexibility index (Phi) is 9.72. The van der Waals surface area contributed by atoms with E-state index in [-0.39, 0.29) is 0 Å². The fourth-order valence-electron chi connectivity index (χ4n) is 2.32. The summed E-state index contributed by atoms with van der Waals surface area (Å²) < 4.78 is 11.0. The van der Waals surface area contributed by atoms with Gasteiger partial charge in [0.1, 0.15) is 24.2 Å². The van der Waals surface area contributed by atoms with Crippen LogP contribution in [0.2, 0.25) is 0 Å². The summed E-state index contributed by atoms with van der Waals surface area (Å²) in [5, 5.41) is 13.4. The lowest BCUT2D eigenvalue weighted by molar-refractivity contribution is 0.103. The molecule has 0 heterocycles. The van der Waals surface area contributed by atoms with Crippen molar-refractivity contribution in [3.8, 4) is 11.5 Å². The Morgan fingerprint density at radius 2 is 1.61 bits per heavy atom. The molecule has 0 spiro atoms. The van der Waals surface area contributed by atoms with Crippen molar-refractivity contribution in [3.63, 3.8) is 0 Å². The summed E-state index contributed by atoms with van der Waals surface area (Å²) in [6, 6.07) is 7.90. The zero-order valence-electron chi connectivity index (χ0n) is 15.0. The number of aliphatic hydroxyl groups excluding tert-OH is 1. The Hall–Kier alpha value is -1.26. The third-order valence-electron chi connectivity index (χ3n) is 3.70. The van der Waals surface area contributed by atoms with E-state index >= 15 is 0 Å². The minimum absolute atomic E-state index is 0.291. The third kappa shape index (κ3) is 9.47. The van der Waals surface area contributed by atoms with Crippen LogP contribution in [-0.2, 0) is 0 Å². The molecule has 1 aromatic rings. The minimum atomic E-state index is -0.505. The van der Waals surface area contributed by atoms with E-state index in [9.17, 15) is 5.11 Å². The van der Waals surface area contributed by atoms with Crippen LogP contribution in [0.1, 0.15) is 47.0 Å². The monoisotopic (exact) mass is 323 g/mol. The number of ether oxygens (including phenoxy) is 2. The van der Waals surface area contributed by atoms with Crippen LogP contribution in [-0.4, -0.2) is 37.0 Å². The summed E-state index contributed by atoms with van der Waals surface area (Å²) >= 11 is 0. The van der Waals surface area contributed by atoms with Gasteiger partial charge in [0, 0.05) is 12.6 Å². The SMILES string of the molecule is CCOc1ccc(OC[C@H](O)CN[C@H](C)CCCC(C)C)cc1. The highest BCUT2D eigenvalue weighted by atomic mass is 16.5. The van der Waals surface area contributed by atoms with E-state index in [1.807, 2.05) is 31.2 Å². The van der Waals surface area contributed by atoms with Crippen molar-refractivity contribution >= 4 is 0 Å². The van der Waals surface area contributed by atoms with Crippen LogP contribution in [0.4, 0.5) is 0 Å². The van der Waals surface area contributed by atoms with Gasteiger partial charge in [0.15, 0.2) is 0 Å². The van der Waals surface area contributed by atoms with Gasteiger partial charge in [-0.3, -0.25) is 0 Å². The molecule has 132 valence electrons. The molecule has 0 fully saturated rings. The Bertz CT molecular complexity index is 406. The molecule has 2 N–H and O–H groups in total. The first-order chi connectivity index (χ1) is 11.0. The van der Waals surface area contributed by atoms with Gasteiger partial charge < -0.3 is 19.9 Å². The molecule has 0 unspecified atom stereocenters. The molecule has 0 bridgehead atoms. The highest BCUT2D eigenvalue weighted by molar-refractivity contribution is 5.31. The highest BCUT2D eigenvalue weighted by Gasteiger charge is 2.08. The Balaban J connectivity index is 2.17. The molecule has 2 atom stereocenters. The summed E-state index contributed by atoms with van der Waals surface area (Å²) in [6.45, 7) is 10.1. The van der Waals surface area contributed by atoms with Gasteiger partial charge in [-0.15, -0.1) is 0 Å². The molecule has 1 aromatic carbocycles. The average Bonchev–Trinajstić information content (AvgIpc) is 2.52. The molecule has 0 amide bonds. The highest BCUT2D eigenvalue weighted by Crippen LogP contribution is 2.17. The van der Waals surface area contributed by atoms with Gasteiger partial charge in [0.05, 0.1) is 6.61 Å². The molecule has 0 aliphatic heterocycles. The van der Waals surface area contributed by atoms with Crippen molar-refractivity contribution in [2.45, 2.75) is 59.1 Å². The molecule has 0 saturated carbocycles. The van der Waals surface area contributed by atoms with Crippen LogP contribution in [0.25, 0.3) is 0 Å². The predicted molar refractivity (Wildman–Crippen MR) is 95.3 cm³/mol. The zero-order chi connectivity index (χ0) is 17.1. The Morgan fingerprint density at radius 3 is 2.17 bits per heavy atom. The Labute approximate surface area is 141 Å².